The number of aryl methyl sites for hydroxylation is 1. The third kappa shape index (κ3) is 2.06. The molecule has 14 heavy (non-hydrogen) atoms. The van der Waals surface area contributed by atoms with Crippen molar-refractivity contribution in [3.8, 4) is 0 Å². The molecule has 0 saturated heterocycles. The fraction of sp³-hybridized carbons (Fsp3) is 0.583. The molecule has 2 heteroatoms. The van der Waals surface area contributed by atoms with Crippen LogP contribution in [0.1, 0.15) is 64.2 Å². The van der Waals surface area contributed by atoms with Crippen LogP contribution in [-0.4, -0.2) is 0 Å². The Hall–Kier alpha value is -1.05. The standard InChI is InChI=1S/C12H16O2/c1-9-7-11(14-12(13)8-9)10-5-3-2-4-6-10/h7-8,10H,2-6H2,1H3/i2D2,3D2,4D2,5D2,6D2,10D. The molecule has 76 valence electrons. The Morgan fingerprint density at radius 3 is 2.79 bits per heavy atom. The Balaban J connectivity index is 2.99. The van der Waals surface area contributed by atoms with Gasteiger partial charge in [-0.05, 0) is 31.3 Å². The summed E-state index contributed by atoms with van der Waals surface area (Å²) < 4.78 is 92.2. The summed E-state index contributed by atoms with van der Waals surface area (Å²) in [5, 5.41) is 0. The number of hydrogen-bond donors (Lipinski definition) is 0. The maximum absolute atomic E-state index is 11.6. The molecule has 0 radical (unpaired) electrons. The summed E-state index contributed by atoms with van der Waals surface area (Å²) in [5.74, 6) is -4.28. The van der Waals surface area contributed by atoms with Crippen LogP contribution in [-0.2, 0) is 0 Å². The van der Waals surface area contributed by atoms with E-state index in [1.165, 1.54) is 6.92 Å². The van der Waals surface area contributed by atoms with Gasteiger partial charge in [0.25, 0.3) is 0 Å². The molecule has 0 atom stereocenters. The molecule has 2 nitrogen and oxygen atoms in total. The average molecular weight is 203 g/mol. The van der Waals surface area contributed by atoms with Gasteiger partial charge < -0.3 is 4.42 Å². The summed E-state index contributed by atoms with van der Waals surface area (Å²) in [6, 6.07) is 1.94. The number of rotatable bonds is 1. The van der Waals surface area contributed by atoms with E-state index in [1.807, 2.05) is 0 Å². The molecular formula is C12H16O2. The lowest BCUT2D eigenvalue weighted by atomic mass is 9.87. The lowest BCUT2D eigenvalue weighted by molar-refractivity contribution is 0.354. The van der Waals surface area contributed by atoms with Crippen LogP contribution in [0.15, 0.2) is 21.3 Å². The Bertz CT molecular complexity index is 735. The lowest BCUT2D eigenvalue weighted by Gasteiger charge is -2.20. The predicted octanol–water partition coefficient (Wildman–Crippen LogP) is 3.00. The molecule has 1 fully saturated rings. The summed E-state index contributed by atoms with van der Waals surface area (Å²) >= 11 is 0. The van der Waals surface area contributed by atoms with E-state index in [0.29, 0.717) is 0 Å². The normalized spacial score (nSPS) is 50.2. The van der Waals surface area contributed by atoms with E-state index in [1.54, 1.807) is 0 Å². The molecule has 1 saturated carbocycles. The fourth-order valence-electron chi connectivity index (χ4n) is 1.10. The second-order valence-electron chi connectivity index (χ2n) is 2.82. The molecule has 0 spiro atoms. The van der Waals surface area contributed by atoms with Gasteiger partial charge in [0.2, 0.25) is 0 Å². The van der Waals surface area contributed by atoms with Gasteiger partial charge >= 0.3 is 5.63 Å². The van der Waals surface area contributed by atoms with E-state index in [9.17, 15) is 4.79 Å². The summed E-state index contributed by atoms with van der Waals surface area (Å²) in [6.45, 7) is 1.39. The first-order chi connectivity index (χ1) is 10.9. The molecule has 0 unspecified atom stereocenters. The Morgan fingerprint density at radius 2 is 2.14 bits per heavy atom. The quantitative estimate of drug-likeness (QED) is 0.702. The minimum atomic E-state index is -3.61. The maximum Gasteiger partial charge on any atom is 0.336 e. The van der Waals surface area contributed by atoms with E-state index >= 15 is 0 Å². The fourth-order valence-corrected chi connectivity index (χ4v) is 1.10. The van der Waals surface area contributed by atoms with Gasteiger partial charge in [-0.3, -0.25) is 0 Å². The van der Waals surface area contributed by atoms with Gasteiger partial charge in [-0.15, -0.1) is 0 Å². The van der Waals surface area contributed by atoms with Crippen LogP contribution in [0.3, 0.4) is 0 Å². The molecule has 2 rings (SSSR count). The topological polar surface area (TPSA) is 30.2 Å². The minimum absolute atomic E-state index is 0.180. The zero-order chi connectivity index (χ0) is 19.9. The molecule has 1 aliphatic rings. The van der Waals surface area contributed by atoms with Crippen LogP contribution in [0.2, 0.25) is 0 Å². The molecule has 1 aliphatic carbocycles. The molecule has 1 heterocycles. The van der Waals surface area contributed by atoms with E-state index in [4.69, 9.17) is 19.5 Å². The SMILES string of the molecule is [2H]C1([2H])C([2H])([2H])C([2H])([2H])C([2H])(c2cc(C)cc(=O)o2)C([2H])([2H])C1([2H])[2H]. The zero-order valence-electron chi connectivity index (χ0n) is 18.5. The zero-order valence-corrected chi connectivity index (χ0v) is 7.47. The van der Waals surface area contributed by atoms with Crippen molar-refractivity contribution in [2.24, 2.45) is 0 Å². The smallest absolute Gasteiger partial charge is 0.336 e. The van der Waals surface area contributed by atoms with Crippen molar-refractivity contribution in [3.05, 3.63) is 33.9 Å². The van der Waals surface area contributed by atoms with Gasteiger partial charge in [0.05, 0.1) is 0 Å². The highest BCUT2D eigenvalue weighted by molar-refractivity contribution is 5.15. The highest BCUT2D eigenvalue weighted by Crippen LogP contribution is 2.32. The van der Waals surface area contributed by atoms with Crippen molar-refractivity contribution in [3.63, 3.8) is 0 Å². The first kappa shape index (κ1) is 2.97. The van der Waals surface area contributed by atoms with Crippen LogP contribution >= 0.6 is 0 Å². The minimum Gasteiger partial charge on any atom is -0.428 e. The van der Waals surface area contributed by atoms with Crippen molar-refractivity contribution in [2.75, 3.05) is 0 Å². The molecular weight excluding hydrogens is 176 g/mol. The maximum atomic E-state index is 11.6. The van der Waals surface area contributed by atoms with Crippen molar-refractivity contribution in [2.45, 2.75) is 44.7 Å². The van der Waals surface area contributed by atoms with Gasteiger partial charge in [-0.2, -0.15) is 0 Å². The second-order valence-corrected chi connectivity index (χ2v) is 2.82. The van der Waals surface area contributed by atoms with Crippen molar-refractivity contribution >= 4 is 0 Å². The predicted molar refractivity (Wildman–Crippen MR) is 55.5 cm³/mol. The van der Waals surface area contributed by atoms with Crippen LogP contribution in [0.25, 0.3) is 0 Å². The van der Waals surface area contributed by atoms with Gasteiger partial charge in [0.15, 0.2) is 0 Å². The molecule has 1 aromatic rings. The van der Waals surface area contributed by atoms with Crippen molar-refractivity contribution < 1.29 is 19.5 Å². The van der Waals surface area contributed by atoms with Crippen LogP contribution in [0, 0.1) is 6.92 Å². The molecule has 0 N–H and O–H groups in total. The molecule has 0 aromatic carbocycles. The van der Waals surface area contributed by atoms with Crippen LogP contribution in [0.5, 0.6) is 0 Å². The van der Waals surface area contributed by atoms with Crippen LogP contribution < -0.4 is 5.63 Å². The Morgan fingerprint density at radius 1 is 1.43 bits per heavy atom. The number of hydrogen-bond acceptors (Lipinski definition) is 2. The third-order valence-corrected chi connectivity index (χ3v) is 1.66. The van der Waals surface area contributed by atoms with E-state index in [2.05, 4.69) is 0 Å². The largest absolute Gasteiger partial charge is 0.428 e. The monoisotopic (exact) mass is 203 g/mol. The first-order valence-corrected chi connectivity index (χ1v) is 4.02. The van der Waals surface area contributed by atoms with Gasteiger partial charge in [-0.25, -0.2) is 4.79 Å². The highest BCUT2D eigenvalue weighted by atomic mass is 16.4. The lowest BCUT2D eigenvalue weighted by Crippen LogP contribution is -2.08. The second kappa shape index (κ2) is 3.99. The first-order valence-electron chi connectivity index (χ1n) is 9.52. The van der Waals surface area contributed by atoms with Crippen LogP contribution in [0.4, 0.5) is 0 Å². The summed E-state index contributed by atoms with van der Waals surface area (Å²) in [6.07, 6.45) is -18.0. The molecule has 0 bridgehead atoms. The Labute approximate surface area is 99.4 Å². The van der Waals surface area contributed by atoms with E-state index < -0.39 is 49.1 Å². The van der Waals surface area contributed by atoms with Gasteiger partial charge in [0.1, 0.15) is 5.76 Å². The molecule has 1 aromatic heterocycles. The van der Waals surface area contributed by atoms with Gasteiger partial charge in [-0.1, -0.05) is 19.1 Å². The summed E-state index contributed by atoms with van der Waals surface area (Å²) in [7, 11) is 0. The van der Waals surface area contributed by atoms with E-state index in [0.717, 1.165) is 12.1 Å². The van der Waals surface area contributed by atoms with Gasteiger partial charge in [0, 0.05) is 27.0 Å². The van der Waals surface area contributed by atoms with Crippen molar-refractivity contribution in [1.82, 2.24) is 0 Å². The summed E-state index contributed by atoms with van der Waals surface area (Å²) in [5.41, 5.74) is -0.859. The summed E-state index contributed by atoms with van der Waals surface area (Å²) in [4.78, 5) is 11.6. The Kier molecular flexibility index (Phi) is 0.847. The molecule has 0 aliphatic heterocycles. The average Bonchev–Trinajstić information content (AvgIpc) is 2.43. The van der Waals surface area contributed by atoms with Crippen molar-refractivity contribution in [1.29, 1.82) is 0 Å². The highest BCUT2D eigenvalue weighted by Gasteiger charge is 2.17. The van der Waals surface area contributed by atoms with E-state index in [-0.39, 0.29) is 5.56 Å². The molecule has 0 amide bonds. The third-order valence-electron chi connectivity index (χ3n) is 1.66.